The number of carbonyl (C=O) groups excluding carboxylic acids is 1. The van der Waals surface area contributed by atoms with Crippen molar-refractivity contribution >= 4 is 58.2 Å². The Balaban J connectivity index is 1.60. The molecule has 1 aliphatic rings. The van der Waals surface area contributed by atoms with Crippen LogP contribution in [0.15, 0.2) is 76.2 Å². The van der Waals surface area contributed by atoms with Crippen LogP contribution >= 0.6 is 46.1 Å². The topological polar surface area (TPSA) is 88.4 Å². The summed E-state index contributed by atoms with van der Waals surface area (Å²) in [5, 5.41) is 1.46. The number of ether oxygens (including phenoxy) is 4. The van der Waals surface area contributed by atoms with Crippen LogP contribution in [-0.2, 0) is 16.1 Å². The van der Waals surface area contributed by atoms with Gasteiger partial charge in [-0.3, -0.25) is 9.36 Å². The number of halogens is 3. The number of hydrogen-bond donors (Lipinski definition) is 0. The molecule has 0 saturated heterocycles. The van der Waals surface area contributed by atoms with Crippen LogP contribution < -0.4 is 29.1 Å². The van der Waals surface area contributed by atoms with Crippen molar-refractivity contribution < 1.29 is 23.7 Å². The Morgan fingerprint density at radius 1 is 0.932 bits per heavy atom. The number of fused-ring (bicyclic) bond motifs is 1. The minimum atomic E-state index is -0.821. The predicted molar refractivity (Wildman–Crippen MR) is 172 cm³/mol. The van der Waals surface area contributed by atoms with Crippen molar-refractivity contribution in [2.24, 2.45) is 4.99 Å². The number of rotatable bonds is 10. The summed E-state index contributed by atoms with van der Waals surface area (Å²) in [6.07, 6.45) is 3.13. The molecule has 0 fully saturated rings. The van der Waals surface area contributed by atoms with Crippen LogP contribution in [-0.4, -0.2) is 30.9 Å². The molecule has 1 aliphatic heterocycles. The van der Waals surface area contributed by atoms with Crippen LogP contribution in [0.1, 0.15) is 36.6 Å². The fourth-order valence-electron chi connectivity index (χ4n) is 4.69. The molecule has 0 saturated carbocycles. The fourth-order valence-corrected chi connectivity index (χ4v) is 6.29. The summed E-state index contributed by atoms with van der Waals surface area (Å²) in [6.45, 7) is 4.76. The number of aromatic nitrogens is 1. The Bertz CT molecular complexity index is 1940. The predicted octanol–water partition coefficient (Wildman–Crippen LogP) is 6.35. The first-order valence-electron chi connectivity index (χ1n) is 13.6. The molecular formula is C32H27Cl3N2O6S. The normalized spacial score (nSPS) is 14.4. The second kappa shape index (κ2) is 13.9. The lowest BCUT2D eigenvalue weighted by molar-refractivity contribution is -0.136. The van der Waals surface area contributed by atoms with E-state index in [-0.39, 0.29) is 17.7 Å². The first kappa shape index (κ1) is 31.7. The van der Waals surface area contributed by atoms with Gasteiger partial charge < -0.3 is 18.9 Å². The molecule has 228 valence electrons. The summed E-state index contributed by atoms with van der Waals surface area (Å²) >= 11 is 19.9. The van der Waals surface area contributed by atoms with E-state index in [2.05, 4.69) is 4.99 Å². The molecule has 1 aromatic heterocycles. The van der Waals surface area contributed by atoms with Gasteiger partial charge in [-0.2, -0.15) is 0 Å². The zero-order valence-corrected chi connectivity index (χ0v) is 27.0. The lowest BCUT2D eigenvalue weighted by atomic mass is 9.97. The van der Waals surface area contributed by atoms with E-state index in [1.165, 1.54) is 29.2 Å². The molecule has 1 atom stereocenters. The lowest BCUT2D eigenvalue weighted by Gasteiger charge is -2.23. The minimum absolute atomic E-state index is 0.169. The number of thiazole rings is 1. The van der Waals surface area contributed by atoms with Crippen LogP contribution in [0.5, 0.6) is 17.2 Å². The Kier molecular flexibility index (Phi) is 10.0. The van der Waals surface area contributed by atoms with E-state index in [1.54, 1.807) is 60.7 Å². The average Bonchev–Trinajstić information content (AvgIpc) is 3.32. The van der Waals surface area contributed by atoms with Gasteiger partial charge in [0.2, 0.25) is 0 Å². The molecule has 44 heavy (non-hydrogen) atoms. The zero-order valence-electron chi connectivity index (χ0n) is 23.9. The third-order valence-corrected chi connectivity index (χ3v) is 8.48. The molecule has 3 aromatic carbocycles. The molecule has 0 amide bonds. The van der Waals surface area contributed by atoms with Gasteiger partial charge in [-0.25, -0.2) is 9.79 Å². The van der Waals surface area contributed by atoms with Crippen molar-refractivity contribution in [3.05, 3.63) is 118 Å². The summed E-state index contributed by atoms with van der Waals surface area (Å²) in [5.74, 6) is 0.941. The lowest BCUT2D eigenvalue weighted by Crippen LogP contribution is -2.39. The van der Waals surface area contributed by atoms with E-state index < -0.39 is 12.0 Å². The van der Waals surface area contributed by atoms with Gasteiger partial charge in [-0.05, 0) is 68.0 Å². The van der Waals surface area contributed by atoms with Gasteiger partial charge in [-0.1, -0.05) is 58.3 Å². The summed E-state index contributed by atoms with van der Waals surface area (Å²) in [4.78, 5) is 31.8. The number of hydrogen-bond acceptors (Lipinski definition) is 8. The van der Waals surface area contributed by atoms with Gasteiger partial charge in [0, 0.05) is 32.4 Å². The molecule has 12 heteroatoms. The number of esters is 1. The molecule has 0 unspecified atom stereocenters. The highest BCUT2D eigenvalue weighted by molar-refractivity contribution is 7.07. The third-order valence-electron chi connectivity index (χ3n) is 6.66. The highest BCUT2D eigenvalue weighted by atomic mass is 35.5. The van der Waals surface area contributed by atoms with Crippen LogP contribution in [0, 0.1) is 0 Å². The highest BCUT2D eigenvalue weighted by Gasteiger charge is 2.31. The van der Waals surface area contributed by atoms with Gasteiger partial charge in [0.1, 0.15) is 12.4 Å². The summed E-state index contributed by atoms with van der Waals surface area (Å²) < 4.78 is 24.5. The number of methoxy groups -OCH3 is 1. The van der Waals surface area contributed by atoms with Gasteiger partial charge >= 0.3 is 5.97 Å². The van der Waals surface area contributed by atoms with E-state index in [0.29, 0.717) is 66.0 Å². The largest absolute Gasteiger partial charge is 0.490 e. The maximum absolute atomic E-state index is 14.0. The van der Waals surface area contributed by atoms with Crippen LogP contribution in [0.25, 0.3) is 6.08 Å². The molecule has 0 N–H and O–H groups in total. The van der Waals surface area contributed by atoms with Gasteiger partial charge in [0.15, 0.2) is 16.3 Å². The van der Waals surface area contributed by atoms with Crippen LogP contribution in [0.2, 0.25) is 15.1 Å². The van der Waals surface area contributed by atoms with Crippen molar-refractivity contribution in [2.75, 3.05) is 20.3 Å². The molecule has 4 aromatic rings. The minimum Gasteiger partial charge on any atom is -0.490 e. The Morgan fingerprint density at radius 3 is 2.36 bits per heavy atom. The second-order valence-corrected chi connectivity index (χ2v) is 11.7. The molecule has 2 heterocycles. The molecule has 0 radical (unpaired) electrons. The van der Waals surface area contributed by atoms with Crippen LogP contribution in [0.4, 0.5) is 0 Å². The van der Waals surface area contributed by atoms with Gasteiger partial charge in [0.25, 0.3) is 5.56 Å². The Hall–Kier alpha value is -3.76. The smallest absolute Gasteiger partial charge is 0.337 e. The van der Waals surface area contributed by atoms with Crippen molar-refractivity contribution in [3.63, 3.8) is 0 Å². The van der Waals surface area contributed by atoms with Gasteiger partial charge in [0.05, 0.1) is 36.5 Å². The van der Waals surface area contributed by atoms with Crippen molar-refractivity contribution in [1.29, 1.82) is 0 Å². The molecule has 0 aliphatic carbocycles. The first-order valence-corrected chi connectivity index (χ1v) is 15.5. The van der Waals surface area contributed by atoms with Crippen molar-refractivity contribution in [3.8, 4) is 17.2 Å². The Labute approximate surface area is 272 Å². The third kappa shape index (κ3) is 6.66. The van der Waals surface area contributed by atoms with Crippen LogP contribution in [0.3, 0.4) is 0 Å². The molecule has 0 spiro atoms. The van der Waals surface area contributed by atoms with E-state index in [9.17, 15) is 9.59 Å². The standard InChI is InChI=1S/C32H27Cl3N2O6S/c1-4-41-26-10-7-18(13-27(26)42-5-2)29-23(31(39)40-3)16-36-32-37(29)30(38)28(44-32)14-20-12-21(33)9-11-25(20)43-17-19-6-8-22(34)15-24(19)35/h6-16,29H,4-5,17H2,1-3H3/b28-14+/t29-/m1/s1. The second-order valence-electron chi connectivity index (χ2n) is 9.45. The van der Waals surface area contributed by atoms with Crippen molar-refractivity contribution in [2.45, 2.75) is 26.5 Å². The maximum atomic E-state index is 14.0. The number of carbonyl (C=O) groups is 1. The van der Waals surface area contributed by atoms with E-state index in [1.807, 2.05) is 13.8 Å². The summed E-state index contributed by atoms with van der Waals surface area (Å²) in [6, 6.07) is 14.8. The molecular weight excluding hydrogens is 647 g/mol. The average molecular weight is 674 g/mol. The summed E-state index contributed by atoms with van der Waals surface area (Å²) in [5.41, 5.74) is 1.80. The fraction of sp³-hybridized carbons (Fsp3) is 0.219. The van der Waals surface area contributed by atoms with E-state index in [4.69, 9.17) is 53.8 Å². The van der Waals surface area contributed by atoms with Gasteiger partial charge in [-0.15, -0.1) is 0 Å². The molecule has 8 nitrogen and oxygen atoms in total. The maximum Gasteiger partial charge on any atom is 0.337 e. The quantitative estimate of drug-likeness (QED) is 0.182. The molecule has 0 bridgehead atoms. The monoisotopic (exact) mass is 672 g/mol. The first-order chi connectivity index (χ1) is 21.2. The molecule has 5 rings (SSSR count). The van der Waals surface area contributed by atoms with E-state index >= 15 is 0 Å². The van der Waals surface area contributed by atoms with Crippen molar-refractivity contribution in [1.82, 2.24) is 4.57 Å². The SMILES string of the molecule is CCOc1ccc([C@@H]2C(C(=O)OC)=CN=c3s/c(=C/c4cc(Cl)ccc4OCc4ccc(Cl)cc4Cl)c(=O)n32)cc1OCC. The highest BCUT2D eigenvalue weighted by Crippen LogP contribution is 2.35. The Morgan fingerprint density at radius 2 is 1.64 bits per heavy atom. The van der Waals surface area contributed by atoms with E-state index in [0.717, 1.165) is 5.56 Å². The zero-order chi connectivity index (χ0) is 31.4. The summed E-state index contributed by atoms with van der Waals surface area (Å²) in [7, 11) is 1.28. The number of nitrogens with zero attached hydrogens (tertiary/aromatic N) is 2. The number of benzene rings is 3.